The molecule has 2 aromatic carbocycles. The van der Waals surface area contributed by atoms with E-state index in [9.17, 15) is 4.79 Å². The molecule has 5 nitrogen and oxygen atoms in total. The first-order valence-corrected chi connectivity index (χ1v) is 11.6. The highest BCUT2D eigenvalue weighted by molar-refractivity contribution is 6.32. The third-order valence-corrected chi connectivity index (χ3v) is 6.28. The molecule has 1 saturated heterocycles. The van der Waals surface area contributed by atoms with Crippen molar-refractivity contribution in [2.24, 2.45) is 5.92 Å². The Labute approximate surface area is 200 Å². The van der Waals surface area contributed by atoms with E-state index in [2.05, 4.69) is 43.0 Å². The lowest BCUT2D eigenvalue weighted by Gasteiger charge is -2.46. The van der Waals surface area contributed by atoms with Crippen LogP contribution < -0.4 is 10.1 Å². The van der Waals surface area contributed by atoms with E-state index >= 15 is 0 Å². The lowest BCUT2D eigenvalue weighted by Crippen LogP contribution is -2.57. The maximum absolute atomic E-state index is 13.1. The van der Waals surface area contributed by atoms with Gasteiger partial charge >= 0.3 is 0 Å². The summed E-state index contributed by atoms with van der Waals surface area (Å²) in [5.41, 5.74) is 2.36. The number of ketones is 1. The van der Waals surface area contributed by atoms with Crippen LogP contribution in [0.1, 0.15) is 57.3 Å². The molecule has 6 heteroatoms. The summed E-state index contributed by atoms with van der Waals surface area (Å²) >= 11 is 6.54. The van der Waals surface area contributed by atoms with Crippen molar-refractivity contribution < 1.29 is 9.53 Å². The predicted molar refractivity (Wildman–Crippen MR) is 132 cm³/mol. The van der Waals surface area contributed by atoms with Gasteiger partial charge in [0.25, 0.3) is 0 Å². The second kappa shape index (κ2) is 9.24. The molecule has 0 saturated carbocycles. The number of nitrogens with zero attached hydrogens (tertiary/aromatic N) is 2. The van der Waals surface area contributed by atoms with Crippen molar-refractivity contribution in [2.45, 2.75) is 58.0 Å². The predicted octanol–water partition coefficient (Wildman–Crippen LogP) is 6.72. The quantitative estimate of drug-likeness (QED) is 0.411. The van der Waals surface area contributed by atoms with Crippen LogP contribution in [-0.2, 0) is 0 Å². The molecule has 1 aliphatic rings. The van der Waals surface area contributed by atoms with Gasteiger partial charge in [-0.3, -0.25) is 4.79 Å². The molecular weight excluding hydrogens is 434 g/mol. The zero-order chi connectivity index (χ0) is 23.6. The Kier molecular flexibility index (Phi) is 6.55. The standard InChI is InChI=1S/C27H30ClN3O2/c1-26(2)13-18(14-27(3,4)31-26)11-23(32)19-9-10-25(22(28)12-19)33-24-8-6-5-7-21(24)20-15-29-17-30-16-20/h5-10,12,15-18,31H,11,13-14H2,1-4H3. The maximum atomic E-state index is 13.1. The van der Waals surface area contributed by atoms with Crippen LogP contribution >= 0.6 is 11.6 Å². The van der Waals surface area contributed by atoms with Crippen LogP contribution in [0.3, 0.4) is 0 Å². The Bertz CT molecular complexity index is 1130. The van der Waals surface area contributed by atoms with Crippen molar-refractivity contribution in [3.05, 3.63) is 71.8 Å². The molecular formula is C27H30ClN3O2. The van der Waals surface area contributed by atoms with Crippen molar-refractivity contribution in [3.63, 3.8) is 0 Å². The van der Waals surface area contributed by atoms with Crippen molar-refractivity contribution >= 4 is 17.4 Å². The molecule has 0 aliphatic carbocycles. The van der Waals surface area contributed by atoms with E-state index in [0.29, 0.717) is 34.4 Å². The van der Waals surface area contributed by atoms with E-state index in [1.165, 1.54) is 6.33 Å². The van der Waals surface area contributed by atoms with Gasteiger partial charge in [0.05, 0.1) is 5.02 Å². The van der Waals surface area contributed by atoms with Gasteiger partial charge in [-0.25, -0.2) is 9.97 Å². The largest absolute Gasteiger partial charge is 0.455 e. The monoisotopic (exact) mass is 463 g/mol. The van der Waals surface area contributed by atoms with Crippen LogP contribution in [0.4, 0.5) is 0 Å². The number of halogens is 1. The summed E-state index contributed by atoms with van der Waals surface area (Å²) in [5.74, 6) is 1.59. The Morgan fingerprint density at radius 1 is 1.03 bits per heavy atom. The van der Waals surface area contributed by atoms with E-state index in [4.69, 9.17) is 16.3 Å². The van der Waals surface area contributed by atoms with E-state index < -0.39 is 0 Å². The molecule has 1 aromatic heterocycles. The fraction of sp³-hybridized carbons (Fsp3) is 0.370. The molecule has 2 heterocycles. The number of ether oxygens (including phenoxy) is 1. The lowest BCUT2D eigenvalue weighted by atomic mass is 9.74. The first-order valence-electron chi connectivity index (χ1n) is 11.3. The third kappa shape index (κ3) is 5.79. The van der Waals surface area contributed by atoms with Crippen LogP contribution in [-0.4, -0.2) is 26.8 Å². The summed E-state index contributed by atoms with van der Waals surface area (Å²) in [6.45, 7) is 8.81. The molecule has 4 rings (SSSR count). The minimum atomic E-state index is 0.0131. The number of para-hydroxylation sites is 1. The van der Waals surface area contributed by atoms with E-state index in [0.717, 1.165) is 24.0 Å². The molecule has 0 amide bonds. The highest BCUT2D eigenvalue weighted by Crippen LogP contribution is 2.38. The lowest BCUT2D eigenvalue weighted by molar-refractivity contribution is 0.0864. The molecule has 0 unspecified atom stereocenters. The molecule has 1 fully saturated rings. The number of benzene rings is 2. The smallest absolute Gasteiger partial charge is 0.163 e. The first-order chi connectivity index (χ1) is 15.6. The van der Waals surface area contributed by atoms with Crippen LogP contribution in [0.25, 0.3) is 11.1 Å². The first kappa shape index (κ1) is 23.4. The van der Waals surface area contributed by atoms with Crippen LogP contribution in [0.5, 0.6) is 11.5 Å². The maximum Gasteiger partial charge on any atom is 0.163 e. The number of Topliss-reactive ketones (excluding diaryl/α,β-unsaturated/α-hetero) is 1. The topological polar surface area (TPSA) is 64.1 Å². The zero-order valence-electron chi connectivity index (χ0n) is 19.6. The Balaban J connectivity index is 1.50. The number of carbonyl (C=O) groups is 1. The number of nitrogens with one attached hydrogen (secondary N) is 1. The SMILES string of the molecule is CC1(C)CC(CC(=O)c2ccc(Oc3ccccc3-c3cncnc3)c(Cl)c2)CC(C)(C)N1. The molecule has 0 bridgehead atoms. The summed E-state index contributed by atoms with van der Waals surface area (Å²) in [6, 6.07) is 12.9. The summed E-state index contributed by atoms with van der Waals surface area (Å²) in [5, 5.41) is 4.08. The van der Waals surface area contributed by atoms with E-state index in [1.807, 2.05) is 24.3 Å². The van der Waals surface area contributed by atoms with Crippen LogP contribution in [0.15, 0.2) is 61.2 Å². The fourth-order valence-corrected chi connectivity index (χ4v) is 5.38. The summed E-state index contributed by atoms with van der Waals surface area (Å²) < 4.78 is 6.13. The van der Waals surface area contributed by atoms with Crippen molar-refractivity contribution in [1.82, 2.24) is 15.3 Å². The highest BCUT2D eigenvalue weighted by Gasteiger charge is 2.38. The van der Waals surface area contributed by atoms with Crippen molar-refractivity contribution in [1.29, 1.82) is 0 Å². The highest BCUT2D eigenvalue weighted by atomic mass is 35.5. The second-order valence-corrected chi connectivity index (χ2v) is 10.6. The van der Waals surface area contributed by atoms with Gasteiger partial charge < -0.3 is 10.1 Å². The average molecular weight is 464 g/mol. The molecule has 1 aliphatic heterocycles. The van der Waals surface area contributed by atoms with Gasteiger partial charge in [-0.1, -0.05) is 29.8 Å². The van der Waals surface area contributed by atoms with Gasteiger partial charge in [-0.2, -0.15) is 0 Å². The number of carbonyl (C=O) groups excluding carboxylic acids is 1. The Morgan fingerprint density at radius 2 is 1.70 bits per heavy atom. The van der Waals surface area contributed by atoms with Gasteiger partial charge in [0.1, 0.15) is 17.8 Å². The van der Waals surface area contributed by atoms with Gasteiger partial charge in [0.2, 0.25) is 0 Å². The van der Waals surface area contributed by atoms with Crippen LogP contribution in [0.2, 0.25) is 5.02 Å². The van der Waals surface area contributed by atoms with Gasteiger partial charge in [-0.05, 0) is 70.7 Å². The molecule has 0 atom stereocenters. The van der Waals surface area contributed by atoms with E-state index in [-0.39, 0.29) is 16.9 Å². The average Bonchev–Trinajstić information content (AvgIpc) is 2.74. The Hall–Kier alpha value is -2.76. The third-order valence-electron chi connectivity index (χ3n) is 5.98. The van der Waals surface area contributed by atoms with Gasteiger partial charge in [0.15, 0.2) is 5.78 Å². The molecule has 3 aromatic rings. The number of rotatable bonds is 6. The van der Waals surface area contributed by atoms with Gasteiger partial charge in [-0.15, -0.1) is 0 Å². The van der Waals surface area contributed by atoms with Crippen molar-refractivity contribution in [2.75, 3.05) is 0 Å². The summed E-state index contributed by atoms with van der Waals surface area (Å²) in [4.78, 5) is 21.2. The van der Waals surface area contributed by atoms with Crippen molar-refractivity contribution in [3.8, 4) is 22.6 Å². The van der Waals surface area contributed by atoms with Gasteiger partial charge in [0, 0.05) is 46.6 Å². The number of hydrogen-bond donors (Lipinski definition) is 1. The minimum absolute atomic E-state index is 0.0131. The zero-order valence-corrected chi connectivity index (χ0v) is 20.3. The normalized spacial score (nSPS) is 17.5. The summed E-state index contributed by atoms with van der Waals surface area (Å²) in [6.07, 6.45) is 7.42. The molecule has 172 valence electrons. The number of aromatic nitrogens is 2. The molecule has 1 N–H and O–H groups in total. The van der Waals surface area contributed by atoms with E-state index in [1.54, 1.807) is 30.6 Å². The molecule has 0 radical (unpaired) electrons. The molecule has 0 spiro atoms. The second-order valence-electron chi connectivity index (χ2n) is 10.2. The number of piperidine rings is 1. The summed E-state index contributed by atoms with van der Waals surface area (Å²) in [7, 11) is 0. The Morgan fingerprint density at radius 3 is 2.36 bits per heavy atom. The molecule has 33 heavy (non-hydrogen) atoms. The minimum Gasteiger partial charge on any atom is -0.455 e. The fourth-order valence-electron chi connectivity index (χ4n) is 5.17. The number of hydrogen-bond acceptors (Lipinski definition) is 5. The van der Waals surface area contributed by atoms with Crippen LogP contribution in [0, 0.1) is 5.92 Å².